The van der Waals surface area contributed by atoms with Gasteiger partial charge in [0.2, 0.25) is 5.96 Å². The first kappa shape index (κ1) is 13.3. The first-order chi connectivity index (χ1) is 9.35. The molecule has 0 atom stereocenters. The molecule has 0 saturated heterocycles. The Morgan fingerprint density at radius 2 is 2.16 bits per heavy atom. The van der Waals surface area contributed by atoms with E-state index in [0.29, 0.717) is 5.96 Å². The molecule has 0 spiro atoms. The number of rotatable bonds is 4. The summed E-state index contributed by atoms with van der Waals surface area (Å²) in [4.78, 5) is 8.75. The van der Waals surface area contributed by atoms with E-state index in [1.807, 2.05) is 30.3 Å². The Kier molecular flexibility index (Phi) is 4.69. The summed E-state index contributed by atoms with van der Waals surface area (Å²) in [7, 11) is 0. The fraction of sp³-hybridized carbons (Fsp3) is 0.286. The van der Waals surface area contributed by atoms with Crippen LogP contribution in [0.2, 0.25) is 0 Å². The number of para-hydroxylation sites is 1. The monoisotopic (exact) mass is 257 g/mol. The molecule has 1 aromatic heterocycles. The van der Waals surface area contributed by atoms with Crippen LogP contribution in [0.3, 0.4) is 0 Å². The topological polar surface area (TPSA) is 75.3 Å². The van der Waals surface area contributed by atoms with E-state index in [-0.39, 0.29) is 0 Å². The van der Waals surface area contributed by atoms with Crippen LogP contribution in [0.1, 0.15) is 19.8 Å². The number of pyridine rings is 1. The van der Waals surface area contributed by atoms with E-state index in [1.165, 1.54) is 0 Å². The Morgan fingerprint density at radius 1 is 1.32 bits per heavy atom. The molecule has 4 N–H and O–H groups in total. The van der Waals surface area contributed by atoms with Gasteiger partial charge in [-0.1, -0.05) is 31.5 Å². The minimum atomic E-state index is 0.562. The number of guanidine groups is 1. The van der Waals surface area contributed by atoms with Gasteiger partial charge in [0.1, 0.15) is 0 Å². The van der Waals surface area contributed by atoms with Crippen molar-refractivity contribution in [1.82, 2.24) is 10.4 Å². The number of aliphatic imine (C=N–C) groups is 1. The summed E-state index contributed by atoms with van der Waals surface area (Å²) in [5.74, 6) is 6.04. The fourth-order valence-corrected chi connectivity index (χ4v) is 1.80. The van der Waals surface area contributed by atoms with Crippen molar-refractivity contribution >= 4 is 22.5 Å². The van der Waals surface area contributed by atoms with Gasteiger partial charge in [-0.15, -0.1) is 0 Å². The number of anilines is 1. The lowest BCUT2D eigenvalue weighted by Gasteiger charge is -2.11. The number of hydrogen-bond acceptors (Lipinski definition) is 3. The number of benzene rings is 1. The lowest BCUT2D eigenvalue weighted by atomic mass is 10.2. The highest BCUT2D eigenvalue weighted by atomic mass is 15.3. The van der Waals surface area contributed by atoms with Gasteiger partial charge >= 0.3 is 0 Å². The molecule has 0 fully saturated rings. The van der Waals surface area contributed by atoms with Crippen molar-refractivity contribution in [2.45, 2.75) is 19.8 Å². The van der Waals surface area contributed by atoms with Crippen LogP contribution in [0, 0.1) is 0 Å². The highest BCUT2D eigenvalue weighted by molar-refractivity contribution is 6.01. The van der Waals surface area contributed by atoms with Crippen molar-refractivity contribution < 1.29 is 0 Å². The second-order valence-electron chi connectivity index (χ2n) is 4.23. The third-order valence-electron chi connectivity index (χ3n) is 2.80. The molecule has 5 heteroatoms. The van der Waals surface area contributed by atoms with E-state index in [2.05, 4.69) is 27.6 Å². The maximum atomic E-state index is 5.48. The molecule has 0 unspecified atom stereocenters. The molecule has 0 bridgehead atoms. The predicted octanol–water partition coefficient (Wildman–Crippen LogP) is 2.27. The average Bonchev–Trinajstić information content (AvgIpc) is 2.46. The summed E-state index contributed by atoms with van der Waals surface area (Å²) in [5.41, 5.74) is 4.39. The first-order valence-corrected chi connectivity index (χ1v) is 6.47. The van der Waals surface area contributed by atoms with E-state index in [0.717, 1.165) is 36.0 Å². The lowest BCUT2D eigenvalue weighted by Crippen LogP contribution is -2.36. The van der Waals surface area contributed by atoms with Crippen molar-refractivity contribution in [3.05, 3.63) is 36.5 Å². The van der Waals surface area contributed by atoms with Crippen molar-refractivity contribution in [3.8, 4) is 0 Å². The predicted molar refractivity (Wildman–Crippen MR) is 79.9 cm³/mol. The average molecular weight is 257 g/mol. The molecular formula is C14H19N5. The zero-order valence-corrected chi connectivity index (χ0v) is 11.1. The lowest BCUT2D eigenvalue weighted by molar-refractivity contribution is 0.801. The number of nitrogens with zero attached hydrogens (tertiary/aromatic N) is 2. The largest absolute Gasteiger partial charge is 0.323 e. The Labute approximate surface area is 112 Å². The smallest absolute Gasteiger partial charge is 0.210 e. The minimum absolute atomic E-state index is 0.562. The highest BCUT2D eigenvalue weighted by Gasteiger charge is 2.03. The van der Waals surface area contributed by atoms with Crippen LogP contribution in [0.15, 0.2) is 41.5 Å². The summed E-state index contributed by atoms with van der Waals surface area (Å²) < 4.78 is 0. The Hall–Kier alpha value is -2.14. The fourth-order valence-electron chi connectivity index (χ4n) is 1.80. The Balaban J connectivity index is 2.22. The van der Waals surface area contributed by atoms with E-state index < -0.39 is 0 Å². The third-order valence-corrected chi connectivity index (χ3v) is 2.80. The number of nitrogens with one attached hydrogen (secondary N) is 2. The van der Waals surface area contributed by atoms with Crippen LogP contribution in [-0.4, -0.2) is 17.5 Å². The van der Waals surface area contributed by atoms with Gasteiger partial charge in [0, 0.05) is 18.1 Å². The number of nitrogens with two attached hydrogens (primary N) is 1. The molecule has 5 nitrogen and oxygen atoms in total. The number of hydrogen-bond donors (Lipinski definition) is 3. The third kappa shape index (κ3) is 3.42. The van der Waals surface area contributed by atoms with Gasteiger partial charge in [0.25, 0.3) is 0 Å². The van der Waals surface area contributed by atoms with Crippen LogP contribution in [0.25, 0.3) is 10.9 Å². The molecule has 0 aliphatic rings. The minimum Gasteiger partial charge on any atom is -0.323 e. The van der Waals surface area contributed by atoms with Crippen LogP contribution < -0.4 is 16.6 Å². The molecule has 1 heterocycles. The van der Waals surface area contributed by atoms with Crippen molar-refractivity contribution in [2.24, 2.45) is 10.8 Å². The standard InChI is InChI=1S/C14H19N5/c1-2-3-9-17-14(19-15)18-12-8-4-6-11-7-5-10-16-13(11)12/h4-8,10H,2-3,9,15H2,1H3,(H2,17,18,19). The number of fused-ring (bicyclic) bond motifs is 1. The van der Waals surface area contributed by atoms with Gasteiger partial charge in [-0.25, -0.2) is 5.84 Å². The second kappa shape index (κ2) is 6.70. The SMILES string of the molecule is CCCCN=C(NN)Nc1cccc2cccnc12. The molecule has 0 aliphatic carbocycles. The normalized spacial score (nSPS) is 11.6. The summed E-state index contributed by atoms with van der Waals surface area (Å²) in [6.45, 7) is 2.88. The van der Waals surface area contributed by atoms with Gasteiger partial charge in [-0.05, 0) is 18.6 Å². The highest BCUT2D eigenvalue weighted by Crippen LogP contribution is 2.20. The zero-order valence-electron chi connectivity index (χ0n) is 11.1. The van der Waals surface area contributed by atoms with E-state index in [4.69, 9.17) is 5.84 Å². The van der Waals surface area contributed by atoms with E-state index in [1.54, 1.807) is 6.20 Å². The van der Waals surface area contributed by atoms with Gasteiger partial charge in [-0.3, -0.25) is 15.4 Å². The Bertz CT molecular complexity index is 559. The van der Waals surface area contributed by atoms with Crippen LogP contribution >= 0.6 is 0 Å². The molecule has 0 aliphatic heterocycles. The molecule has 2 aromatic rings. The maximum absolute atomic E-state index is 5.48. The molecule has 0 amide bonds. The van der Waals surface area contributed by atoms with Gasteiger partial charge in [0.05, 0.1) is 11.2 Å². The molecule has 1 aromatic carbocycles. The molecule has 0 radical (unpaired) electrons. The zero-order chi connectivity index (χ0) is 13.5. The van der Waals surface area contributed by atoms with Crippen LogP contribution in [-0.2, 0) is 0 Å². The number of aromatic nitrogens is 1. The summed E-state index contributed by atoms with van der Waals surface area (Å²) in [6.07, 6.45) is 3.93. The van der Waals surface area contributed by atoms with E-state index in [9.17, 15) is 0 Å². The van der Waals surface area contributed by atoms with Gasteiger partial charge in [0.15, 0.2) is 0 Å². The van der Waals surface area contributed by atoms with Crippen molar-refractivity contribution in [3.63, 3.8) is 0 Å². The summed E-state index contributed by atoms with van der Waals surface area (Å²) in [5, 5.41) is 4.26. The molecule has 2 rings (SSSR count). The first-order valence-electron chi connectivity index (χ1n) is 6.47. The molecule has 19 heavy (non-hydrogen) atoms. The summed E-state index contributed by atoms with van der Waals surface area (Å²) in [6, 6.07) is 9.91. The Morgan fingerprint density at radius 3 is 2.95 bits per heavy atom. The molecule has 0 saturated carbocycles. The molecule has 100 valence electrons. The van der Waals surface area contributed by atoms with Crippen molar-refractivity contribution in [1.29, 1.82) is 0 Å². The van der Waals surface area contributed by atoms with Gasteiger partial charge < -0.3 is 5.32 Å². The second-order valence-corrected chi connectivity index (χ2v) is 4.23. The number of hydrazine groups is 1. The number of unbranched alkanes of at least 4 members (excludes halogenated alkanes) is 1. The van der Waals surface area contributed by atoms with Crippen LogP contribution in [0.5, 0.6) is 0 Å². The molecular weight excluding hydrogens is 238 g/mol. The summed E-state index contributed by atoms with van der Waals surface area (Å²) >= 11 is 0. The van der Waals surface area contributed by atoms with Crippen LogP contribution in [0.4, 0.5) is 5.69 Å². The quantitative estimate of drug-likeness (QED) is 0.258. The van der Waals surface area contributed by atoms with E-state index >= 15 is 0 Å². The van der Waals surface area contributed by atoms with Gasteiger partial charge in [-0.2, -0.15) is 0 Å². The van der Waals surface area contributed by atoms with Crippen molar-refractivity contribution in [2.75, 3.05) is 11.9 Å². The maximum Gasteiger partial charge on any atom is 0.210 e.